The number of benzene rings is 2. The fourth-order valence-corrected chi connectivity index (χ4v) is 1.85. The normalized spacial score (nSPS) is 9.30. The Hall–Kier alpha value is -3.64. The smallest absolute Gasteiger partial charge is 0.269 e. The Bertz CT molecular complexity index is 811. The van der Waals surface area contributed by atoms with Crippen LogP contribution in [0.15, 0.2) is 54.1 Å². The van der Waals surface area contributed by atoms with E-state index in [-0.39, 0.29) is 17.9 Å². The molecule has 2 aromatic rings. The van der Waals surface area contributed by atoms with E-state index >= 15 is 0 Å². The van der Waals surface area contributed by atoms with E-state index < -0.39 is 4.92 Å². The molecule has 0 aliphatic carbocycles. The van der Waals surface area contributed by atoms with Crippen LogP contribution in [-0.4, -0.2) is 4.92 Å². The number of rotatable bonds is 5. The quantitative estimate of drug-likeness (QED) is 0.477. The van der Waals surface area contributed by atoms with Crippen LogP contribution in [-0.2, 0) is 6.61 Å². The van der Waals surface area contributed by atoms with Gasteiger partial charge in [-0.3, -0.25) is 10.1 Å². The molecule has 0 saturated carbocycles. The van der Waals surface area contributed by atoms with Crippen molar-refractivity contribution in [1.82, 2.24) is 0 Å². The molecule has 0 amide bonds. The number of para-hydroxylation sites is 1. The molecule has 0 fully saturated rings. The molecule has 23 heavy (non-hydrogen) atoms. The molecule has 2 aromatic carbocycles. The average Bonchev–Trinajstić information content (AvgIpc) is 2.59. The van der Waals surface area contributed by atoms with Crippen molar-refractivity contribution in [3.8, 4) is 17.9 Å². The summed E-state index contributed by atoms with van der Waals surface area (Å²) in [7, 11) is 0. The van der Waals surface area contributed by atoms with Crippen LogP contribution < -0.4 is 4.74 Å². The van der Waals surface area contributed by atoms with Crippen molar-refractivity contribution >= 4 is 11.8 Å². The molecule has 0 atom stereocenters. The van der Waals surface area contributed by atoms with Crippen LogP contribution in [0.4, 0.5) is 5.69 Å². The molecule has 0 aromatic heterocycles. The number of nitriles is 2. The number of allylic oxidation sites excluding steroid dienone is 1. The van der Waals surface area contributed by atoms with Crippen LogP contribution in [0.5, 0.6) is 5.75 Å². The minimum absolute atomic E-state index is 0.0172. The summed E-state index contributed by atoms with van der Waals surface area (Å²) in [4.78, 5) is 10.1. The van der Waals surface area contributed by atoms with Crippen LogP contribution >= 0.6 is 0 Å². The second-order valence-corrected chi connectivity index (χ2v) is 4.53. The highest BCUT2D eigenvalue weighted by atomic mass is 16.6. The Morgan fingerprint density at radius 2 is 1.78 bits per heavy atom. The molecule has 6 nitrogen and oxygen atoms in total. The van der Waals surface area contributed by atoms with Gasteiger partial charge in [0, 0.05) is 17.7 Å². The SMILES string of the molecule is N#CC(C#N)=Cc1ccccc1OCc1ccc([N+](=O)[O-])cc1. The molecule has 0 saturated heterocycles. The van der Waals surface area contributed by atoms with Gasteiger partial charge in [-0.15, -0.1) is 0 Å². The second-order valence-electron chi connectivity index (χ2n) is 4.53. The summed E-state index contributed by atoms with van der Waals surface area (Å²) in [5.74, 6) is 0.522. The molecule has 0 bridgehead atoms. The van der Waals surface area contributed by atoms with Gasteiger partial charge < -0.3 is 4.74 Å². The molecule has 2 rings (SSSR count). The van der Waals surface area contributed by atoms with E-state index in [9.17, 15) is 10.1 Å². The number of ether oxygens (including phenoxy) is 1. The molecule has 0 aliphatic rings. The molecule has 0 radical (unpaired) electrons. The van der Waals surface area contributed by atoms with Gasteiger partial charge in [-0.25, -0.2) is 0 Å². The van der Waals surface area contributed by atoms with Gasteiger partial charge in [0.25, 0.3) is 5.69 Å². The summed E-state index contributed by atoms with van der Waals surface area (Å²) in [6.07, 6.45) is 1.45. The van der Waals surface area contributed by atoms with Crippen LogP contribution in [0.2, 0.25) is 0 Å². The Morgan fingerprint density at radius 1 is 1.13 bits per heavy atom. The molecule has 0 spiro atoms. The Labute approximate surface area is 132 Å². The fraction of sp³-hybridized carbons (Fsp3) is 0.0588. The van der Waals surface area contributed by atoms with Crippen molar-refractivity contribution in [2.75, 3.05) is 0 Å². The fourth-order valence-electron chi connectivity index (χ4n) is 1.85. The van der Waals surface area contributed by atoms with Gasteiger partial charge in [-0.2, -0.15) is 10.5 Å². The van der Waals surface area contributed by atoms with Crippen LogP contribution in [0, 0.1) is 32.8 Å². The van der Waals surface area contributed by atoms with E-state index in [2.05, 4.69) is 0 Å². The summed E-state index contributed by atoms with van der Waals surface area (Å²) in [5, 5.41) is 28.3. The summed E-state index contributed by atoms with van der Waals surface area (Å²) in [6, 6.07) is 16.7. The van der Waals surface area contributed by atoms with E-state index in [1.54, 1.807) is 48.5 Å². The topological polar surface area (TPSA) is 100.0 Å². The van der Waals surface area contributed by atoms with E-state index in [0.29, 0.717) is 11.3 Å². The van der Waals surface area contributed by atoms with Crippen molar-refractivity contribution < 1.29 is 9.66 Å². The number of nitrogens with zero attached hydrogens (tertiary/aromatic N) is 3. The summed E-state index contributed by atoms with van der Waals surface area (Å²) < 4.78 is 5.68. The molecule has 112 valence electrons. The van der Waals surface area contributed by atoms with E-state index in [0.717, 1.165) is 5.56 Å². The first-order valence-electron chi connectivity index (χ1n) is 6.61. The number of hydrogen-bond donors (Lipinski definition) is 0. The van der Waals surface area contributed by atoms with Crippen molar-refractivity contribution in [3.63, 3.8) is 0 Å². The van der Waals surface area contributed by atoms with E-state index in [1.807, 2.05) is 0 Å². The number of hydrogen-bond acceptors (Lipinski definition) is 5. The lowest BCUT2D eigenvalue weighted by molar-refractivity contribution is -0.384. The minimum Gasteiger partial charge on any atom is -0.488 e. The first-order chi connectivity index (χ1) is 11.1. The van der Waals surface area contributed by atoms with Crippen LogP contribution in [0.3, 0.4) is 0 Å². The summed E-state index contributed by atoms with van der Waals surface area (Å²) in [5.41, 5.74) is 1.39. The van der Waals surface area contributed by atoms with Crippen molar-refractivity contribution in [1.29, 1.82) is 10.5 Å². The standard InChI is InChI=1S/C17H11N3O3/c18-10-14(11-19)9-15-3-1-2-4-17(15)23-12-13-5-7-16(8-6-13)20(21)22/h1-9H,12H2. The van der Waals surface area contributed by atoms with Crippen LogP contribution in [0.25, 0.3) is 6.08 Å². The van der Waals surface area contributed by atoms with Gasteiger partial charge in [0.1, 0.15) is 30.1 Å². The molecule has 6 heteroatoms. The van der Waals surface area contributed by atoms with Gasteiger partial charge in [0.05, 0.1) is 4.92 Å². The maximum atomic E-state index is 10.6. The molecular formula is C17H11N3O3. The van der Waals surface area contributed by atoms with Gasteiger partial charge >= 0.3 is 0 Å². The van der Waals surface area contributed by atoms with Gasteiger partial charge in [0.2, 0.25) is 0 Å². The molecule has 0 N–H and O–H groups in total. The van der Waals surface area contributed by atoms with Gasteiger partial charge in [0.15, 0.2) is 0 Å². The largest absolute Gasteiger partial charge is 0.488 e. The maximum Gasteiger partial charge on any atom is 0.269 e. The van der Waals surface area contributed by atoms with Crippen LogP contribution in [0.1, 0.15) is 11.1 Å². The second kappa shape index (κ2) is 7.39. The first kappa shape index (κ1) is 15.7. The number of nitro benzene ring substituents is 1. The zero-order chi connectivity index (χ0) is 16.7. The third-order valence-electron chi connectivity index (χ3n) is 3.00. The number of non-ortho nitro benzene ring substituents is 1. The lowest BCUT2D eigenvalue weighted by Crippen LogP contribution is -1.97. The zero-order valence-electron chi connectivity index (χ0n) is 12.0. The third kappa shape index (κ3) is 4.16. The molecule has 0 heterocycles. The zero-order valence-corrected chi connectivity index (χ0v) is 12.0. The Morgan fingerprint density at radius 3 is 2.39 bits per heavy atom. The first-order valence-corrected chi connectivity index (χ1v) is 6.61. The summed E-state index contributed by atoms with van der Waals surface area (Å²) in [6.45, 7) is 0.220. The van der Waals surface area contributed by atoms with Crippen molar-refractivity contribution in [3.05, 3.63) is 75.3 Å². The van der Waals surface area contributed by atoms with Crippen molar-refractivity contribution in [2.45, 2.75) is 6.61 Å². The Balaban J connectivity index is 2.15. The highest BCUT2D eigenvalue weighted by Gasteiger charge is 2.06. The summed E-state index contributed by atoms with van der Waals surface area (Å²) >= 11 is 0. The minimum atomic E-state index is -0.462. The monoisotopic (exact) mass is 305 g/mol. The van der Waals surface area contributed by atoms with Gasteiger partial charge in [-0.05, 0) is 29.8 Å². The van der Waals surface area contributed by atoms with E-state index in [4.69, 9.17) is 15.3 Å². The Kier molecular flexibility index (Phi) is 5.06. The molecular weight excluding hydrogens is 294 g/mol. The van der Waals surface area contributed by atoms with E-state index in [1.165, 1.54) is 18.2 Å². The molecule has 0 aliphatic heterocycles. The average molecular weight is 305 g/mol. The predicted octanol–water partition coefficient (Wildman–Crippen LogP) is 3.60. The highest BCUT2D eigenvalue weighted by Crippen LogP contribution is 2.22. The maximum absolute atomic E-state index is 10.6. The number of nitro groups is 1. The predicted molar refractivity (Wildman–Crippen MR) is 83.1 cm³/mol. The van der Waals surface area contributed by atoms with Gasteiger partial charge in [-0.1, -0.05) is 18.2 Å². The lowest BCUT2D eigenvalue weighted by atomic mass is 10.1. The lowest BCUT2D eigenvalue weighted by Gasteiger charge is -2.09. The van der Waals surface area contributed by atoms with Crippen molar-refractivity contribution in [2.24, 2.45) is 0 Å². The third-order valence-corrected chi connectivity index (χ3v) is 3.00. The highest BCUT2D eigenvalue weighted by molar-refractivity contribution is 5.66. The molecule has 0 unspecified atom stereocenters.